The highest BCUT2D eigenvalue weighted by atomic mass is 16.5. The van der Waals surface area contributed by atoms with Crippen molar-refractivity contribution in [2.24, 2.45) is 0 Å². The summed E-state index contributed by atoms with van der Waals surface area (Å²) in [4.78, 5) is 15.0. The minimum atomic E-state index is -0.0216. The number of nitrogens with one attached hydrogen (secondary N) is 2. The molecule has 2 aliphatic rings. The molecule has 4 rings (SSSR count). The van der Waals surface area contributed by atoms with Crippen LogP contribution in [0.15, 0.2) is 54.6 Å². The number of benzene rings is 2. The first kappa shape index (κ1) is 22.8. The molecule has 0 bridgehead atoms. The van der Waals surface area contributed by atoms with Crippen LogP contribution in [-0.2, 0) is 0 Å². The van der Waals surface area contributed by atoms with E-state index in [-0.39, 0.29) is 5.91 Å². The lowest BCUT2D eigenvalue weighted by Gasteiger charge is -2.35. The van der Waals surface area contributed by atoms with Crippen molar-refractivity contribution in [3.8, 4) is 11.5 Å². The molecule has 32 heavy (non-hydrogen) atoms. The lowest BCUT2D eigenvalue weighted by molar-refractivity contribution is 0.0950. The Balaban J connectivity index is 1.10. The summed E-state index contributed by atoms with van der Waals surface area (Å²) in [6.07, 6.45) is 10.4. The molecule has 1 amide bonds. The number of para-hydroxylation sites is 1. The van der Waals surface area contributed by atoms with Gasteiger partial charge in [0.15, 0.2) is 0 Å². The van der Waals surface area contributed by atoms with E-state index >= 15 is 0 Å². The van der Waals surface area contributed by atoms with Crippen LogP contribution in [0.4, 0.5) is 0 Å². The van der Waals surface area contributed by atoms with Crippen molar-refractivity contribution < 1.29 is 9.53 Å². The van der Waals surface area contributed by atoms with Crippen molar-refractivity contribution >= 4 is 5.91 Å². The highest BCUT2D eigenvalue weighted by Gasteiger charge is 2.22. The molecule has 2 fully saturated rings. The molecule has 0 unspecified atom stereocenters. The molecule has 0 atom stereocenters. The Morgan fingerprint density at radius 3 is 2.22 bits per heavy atom. The van der Waals surface area contributed by atoms with Crippen molar-refractivity contribution in [3.63, 3.8) is 0 Å². The summed E-state index contributed by atoms with van der Waals surface area (Å²) in [5, 5.41) is 6.96. The average Bonchev–Trinajstić information content (AvgIpc) is 2.84. The first-order chi connectivity index (χ1) is 15.8. The molecule has 2 aromatic rings. The fraction of sp³-hybridized carbons (Fsp3) is 0.519. The van der Waals surface area contributed by atoms with E-state index in [0.29, 0.717) is 18.2 Å². The Kier molecular flexibility index (Phi) is 8.57. The van der Waals surface area contributed by atoms with Gasteiger partial charge < -0.3 is 20.3 Å². The molecular weight excluding hydrogens is 398 g/mol. The lowest BCUT2D eigenvalue weighted by atomic mass is 9.93. The molecule has 172 valence electrons. The second kappa shape index (κ2) is 12.0. The number of hydrogen-bond acceptors (Lipinski definition) is 4. The van der Waals surface area contributed by atoms with E-state index in [1.807, 2.05) is 54.6 Å². The fourth-order valence-corrected chi connectivity index (χ4v) is 4.83. The fourth-order valence-electron chi connectivity index (χ4n) is 4.83. The number of carbonyl (C=O) groups is 1. The largest absolute Gasteiger partial charge is 0.457 e. The molecule has 1 saturated carbocycles. The molecule has 1 heterocycles. The van der Waals surface area contributed by atoms with Gasteiger partial charge in [-0.1, -0.05) is 37.5 Å². The second-order valence-electron chi connectivity index (χ2n) is 9.17. The number of nitrogens with zero attached hydrogens (tertiary/aromatic N) is 1. The van der Waals surface area contributed by atoms with Crippen LogP contribution in [0.1, 0.15) is 61.7 Å². The van der Waals surface area contributed by atoms with Crippen LogP contribution >= 0.6 is 0 Å². The second-order valence-corrected chi connectivity index (χ2v) is 9.17. The maximum atomic E-state index is 12.4. The number of carbonyl (C=O) groups excluding carboxylic acids is 1. The van der Waals surface area contributed by atoms with Gasteiger partial charge in [0.25, 0.3) is 5.91 Å². The maximum Gasteiger partial charge on any atom is 0.251 e. The van der Waals surface area contributed by atoms with Crippen LogP contribution in [-0.4, -0.2) is 49.1 Å². The Morgan fingerprint density at radius 1 is 0.844 bits per heavy atom. The Labute approximate surface area is 192 Å². The summed E-state index contributed by atoms with van der Waals surface area (Å²) in [7, 11) is 0. The topological polar surface area (TPSA) is 53.6 Å². The third kappa shape index (κ3) is 7.07. The van der Waals surface area contributed by atoms with E-state index in [1.165, 1.54) is 58.0 Å². The van der Waals surface area contributed by atoms with Crippen molar-refractivity contribution in [2.45, 2.75) is 63.5 Å². The Bertz CT molecular complexity index is 811. The summed E-state index contributed by atoms with van der Waals surface area (Å²) in [5.41, 5.74) is 0.667. The van der Waals surface area contributed by atoms with E-state index in [2.05, 4.69) is 15.5 Å². The minimum Gasteiger partial charge on any atom is -0.457 e. The third-order valence-corrected chi connectivity index (χ3v) is 6.70. The predicted octanol–water partition coefficient (Wildman–Crippen LogP) is 4.99. The van der Waals surface area contributed by atoms with Crippen LogP contribution in [0.3, 0.4) is 0 Å². The molecule has 1 aliphatic carbocycles. The van der Waals surface area contributed by atoms with Crippen LogP contribution in [0.2, 0.25) is 0 Å². The van der Waals surface area contributed by atoms with Gasteiger partial charge in [0.05, 0.1) is 0 Å². The summed E-state index contributed by atoms with van der Waals surface area (Å²) in [5.74, 6) is 1.50. The highest BCUT2D eigenvalue weighted by molar-refractivity contribution is 5.94. The van der Waals surface area contributed by atoms with Crippen molar-refractivity contribution in [3.05, 3.63) is 60.2 Å². The van der Waals surface area contributed by atoms with E-state index < -0.39 is 0 Å². The summed E-state index contributed by atoms with van der Waals surface area (Å²) >= 11 is 0. The quantitative estimate of drug-likeness (QED) is 0.545. The molecule has 1 saturated heterocycles. The van der Waals surface area contributed by atoms with E-state index in [0.717, 1.165) is 30.5 Å². The van der Waals surface area contributed by atoms with Gasteiger partial charge in [-0.05, 0) is 88.1 Å². The van der Waals surface area contributed by atoms with Crippen molar-refractivity contribution in [1.29, 1.82) is 0 Å². The normalized spacial score (nSPS) is 18.4. The molecule has 5 nitrogen and oxygen atoms in total. The molecule has 0 spiro atoms. The standard InChI is InChI=1S/C27H37N3O2/c31-27(22-12-14-26(15-13-22)32-25-10-5-2-6-11-25)28-18-7-19-30-20-16-24(17-21-30)29-23-8-3-1-4-9-23/h2,5-6,10-15,23-24,29H,1,3-4,7-9,16-21H2,(H,28,31). The van der Waals surface area contributed by atoms with Gasteiger partial charge in [0.2, 0.25) is 0 Å². The van der Waals surface area contributed by atoms with E-state index in [9.17, 15) is 4.79 Å². The van der Waals surface area contributed by atoms with Crippen molar-refractivity contribution in [1.82, 2.24) is 15.5 Å². The summed E-state index contributed by atoms with van der Waals surface area (Å²) < 4.78 is 5.79. The average molecular weight is 436 g/mol. The minimum absolute atomic E-state index is 0.0216. The van der Waals surface area contributed by atoms with Gasteiger partial charge in [0, 0.05) is 24.2 Å². The molecular formula is C27H37N3O2. The van der Waals surface area contributed by atoms with Crippen LogP contribution in [0.25, 0.3) is 0 Å². The zero-order valence-electron chi connectivity index (χ0n) is 19.1. The summed E-state index contributed by atoms with van der Waals surface area (Å²) in [6.45, 7) is 4.10. The molecule has 0 aromatic heterocycles. The number of amides is 1. The van der Waals surface area contributed by atoms with Crippen LogP contribution < -0.4 is 15.4 Å². The first-order valence-corrected chi connectivity index (χ1v) is 12.4. The van der Waals surface area contributed by atoms with Gasteiger partial charge >= 0.3 is 0 Å². The number of hydrogen-bond donors (Lipinski definition) is 2. The van der Waals surface area contributed by atoms with Crippen LogP contribution in [0, 0.1) is 0 Å². The molecule has 5 heteroatoms. The highest BCUT2D eigenvalue weighted by Crippen LogP contribution is 2.22. The van der Waals surface area contributed by atoms with Gasteiger partial charge in [-0.25, -0.2) is 0 Å². The third-order valence-electron chi connectivity index (χ3n) is 6.70. The zero-order chi connectivity index (χ0) is 22.0. The predicted molar refractivity (Wildman–Crippen MR) is 129 cm³/mol. The van der Waals surface area contributed by atoms with Gasteiger partial charge in [0.1, 0.15) is 11.5 Å². The number of piperidine rings is 1. The number of ether oxygens (including phenoxy) is 1. The van der Waals surface area contributed by atoms with Crippen molar-refractivity contribution in [2.75, 3.05) is 26.2 Å². The maximum absolute atomic E-state index is 12.4. The van der Waals surface area contributed by atoms with Crippen LogP contribution in [0.5, 0.6) is 11.5 Å². The van der Waals surface area contributed by atoms with Gasteiger partial charge in [-0.2, -0.15) is 0 Å². The monoisotopic (exact) mass is 435 g/mol. The molecule has 0 radical (unpaired) electrons. The Morgan fingerprint density at radius 2 is 1.50 bits per heavy atom. The van der Waals surface area contributed by atoms with Gasteiger partial charge in [-0.15, -0.1) is 0 Å². The zero-order valence-corrected chi connectivity index (χ0v) is 19.1. The number of rotatable bonds is 9. The SMILES string of the molecule is O=C(NCCCN1CCC(NC2CCCCC2)CC1)c1ccc(Oc2ccccc2)cc1. The molecule has 1 aliphatic heterocycles. The Hall–Kier alpha value is -2.37. The lowest BCUT2D eigenvalue weighted by Crippen LogP contribution is -2.47. The first-order valence-electron chi connectivity index (χ1n) is 12.4. The van der Waals surface area contributed by atoms with E-state index in [4.69, 9.17) is 4.74 Å². The van der Waals surface area contributed by atoms with E-state index in [1.54, 1.807) is 0 Å². The number of likely N-dealkylation sites (tertiary alicyclic amines) is 1. The van der Waals surface area contributed by atoms with Gasteiger partial charge in [-0.3, -0.25) is 4.79 Å². The summed E-state index contributed by atoms with van der Waals surface area (Å²) in [6, 6.07) is 18.4. The smallest absolute Gasteiger partial charge is 0.251 e. The molecule has 2 aromatic carbocycles. The molecule has 2 N–H and O–H groups in total.